The maximum atomic E-state index is 14.2. The van der Waals surface area contributed by atoms with E-state index in [0.29, 0.717) is 51.1 Å². The summed E-state index contributed by atoms with van der Waals surface area (Å²) in [6, 6.07) is 10.6. The molecule has 0 bridgehead atoms. The maximum Gasteiger partial charge on any atom is 0.416 e. The minimum Gasteiger partial charge on any atom is -0.489 e. The molecule has 2 aliphatic rings. The molecule has 2 atom stereocenters. The summed E-state index contributed by atoms with van der Waals surface area (Å²) < 4.78 is 64.7. The molecule has 2 saturated heterocycles. The van der Waals surface area contributed by atoms with E-state index in [0.717, 1.165) is 12.1 Å². The molecule has 5 nitrogen and oxygen atoms in total. The van der Waals surface area contributed by atoms with Crippen molar-refractivity contribution in [1.29, 1.82) is 0 Å². The molecule has 1 amide bonds. The van der Waals surface area contributed by atoms with Gasteiger partial charge in [-0.15, -0.1) is 0 Å². The van der Waals surface area contributed by atoms with Gasteiger partial charge in [-0.3, -0.25) is 9.69 Å². The van der Waals surface area contributed by atoms with Gasteiger partial charge in [0.25, 0.3) is 0 Å². The number of rotatable bonds is 6. The highest BCUT2D eigenvalue weighted by atomic mass is 19.4. The predicted octanol–water partition coefficient (Wildman–Crippen LogP) is 4.72. The smallest absolute Gasteiger partial charge is 0.416 e. The van der Waals surface area contributed by atoms with E-state index in [1.165, 1.54) is 18.2 Å². The SMILES string of the molecule is C[C@H](NC(=O)C1(N2CC[C@@H](Oc3cccc(C(F)(F)F)c3)C2)CCOCC1)c1ccccc1F. The number of nitrogens with one attached hydrogen (secondary N) is 1. The number of carbonyl (C=O) groups is 1. The van der Waals surface area contributed by atoms with Crippen molar-refractivity contribution in [2.24, 2.45) is 0 Å². The van der Waals surface area contributed by atoms with Crippen LogP contribution >= 0.6 is 0 Å². The molecule has 2 aromatic carbocycles. The fraction of sp³-hybridized carbons (Fsp3) is 0.480. The van der Waals surface area contributed by atoms with Crippen molar-refractivity contribution in [2.75, 3.05) is 26.3 Å². The second-order valence-electron chi connectivity index (χ2n) is 8.86. The Hall–Kier alpha value is -2.65. The van der Waals surface area contributed by atoms with Crippen molar-refractivity contribution in [3.63, 3.8) is 0 Å². The zero-order valence-corrected chi connectivity index (χ0v) is 18.9. The topological polar surface area (TPSA) is 50.8 Å². The molecular formula is C25H28F4N2O3. The first-order valence-corrected chi connectivity index (χ1v) is 11.4. The highest BCUT2D eigenvalue weighted by Gasteiger charge is 2.48. The number of halogens is 4. The molecule has 0 saturated carbocycles. The highest BCUT2D eigenvalue weighted by Crippen LogP contribution is 2.35. The normalized spacial score (nSPS) is 21.7. The Bertz CT molecular complexity index is 1010. The lowest BCUT2D eigenvalue weighted by atomic mass is 9.86. The number of hydrogen-bond acceptors (Lipinski definition) is 4. The molecule has 0 radical (unpaired) electrons. The summed E-state index contributed by atoms with van der Waals surface area (Å²) in [5, 5.41) is 2.97. The quantitative estimate of drug-likeness (QED) is 0.608. The first-order chi connectivity index (χ1) is 16.2. The van der Waals surface area contributed by atoms with Gasteiger partial charge in [-0.25, -0.2) is 4.39 Å². The van der Waals surface area contributed by atoms with E-state index >= 15 is 0 Å². The van der Waals surface area contributed by atoms with Crippen LogP contribution < -0.4 is 10.1 Å². The van der Waals surface area contributed by atoms with E-state index in [-0.39, 0.29) is 23.6 Å². The van der Waals surface area contributed by atoms with Crippen molar-refractivity contribution in [2.45, 2.75) is 50.0 Å². The van der Waals surface area contributed by atoms with Crippen LogP contribution in [-0.4, -0.2) is 48.8 Å². The third kappa shape index (κ3) is 5.20. The average molecular weight is 481 g/mol. The van der Waals surface area contributed by atoms with Crippen LogP contribution in [0.5, 0.6) is 5.75 Å². The molecule has 184 valence electrons. The minimum absolute atomic E-state index is 0.153. The molecule has 2 fully saturated rings. The predicted molar refractivity (Wildman–Crippen MR) is 118 cm³/mol. The molecule has 9 heteroatoms. The van der Waals surface area contributed by atoms with Gasteiger partial charge in [0.2, 0.25) is 5.91 Å². The molecule has 34 heavy (non-hydrogen) atoms. The lowest BCUT2D eigenvalue weighted by molar-refractivity contribution is -0.141. The van der Waals surface area contributed by atoms with Crippen LogP contribution in [0.2, 0.25) is 0 Å². The zero-order valence-electron chi connectivity index (χ0n) is 18.9. The highest BCUT2D eigenvalue weighted by molar-refractivity contribution is 5.87. The second kappa shape index (κ2) is 9.92. The number of amides is 1. The van der Waals surface area contributed by atoms with Gasteiger partial charge in [-0.05, 0) is 50.5 Å². The van der Waals surface area contributed by atoms with Gasteiger partial charge in [0.1, 0.15) is 23.2 Å². The number of nitrogens with zero attached hydrogens (tertiary/aromatic N) is 1. The molecule has 0 unspecified atom stereocenters. The summed E-state index contributed by atoms with van der Waals surface area (Å²) in [5.41, 5.74) is -1.20. The fourth-order valence-electron chi connectivity index (χ4n) is 4.78. The van der Waals surface area contributed by atoms with E-state index in [2.05, 4.69) is 5.32 Å². The van der Waals surface area contributed by atoms with Gasteiger partial charge in [-0.1, -0.05) is 24.3 Å². The number of hydrogen-bond donors (Lipinski definition) is 1. The number of carbonyl (C=O) groups excluding carboxylic acids is 1. The maximum absolute atomic E-state index is 14.2. The number of likely N-dealkylation sites (tertiary alicyclic amines) is 1. The van der Waals surface area contributed by atoms with Gasteiger partial charge in [0, 0.05) is 31.9 Å². The van der Waals surface area contributed by atoms with Gasteiger partial charge in [0.05, 0.1) is 11.6 Å². The van der Waals surface area contributed by atoms with Crippen molar-refractivity contribution >= 4 is 5.91 Å². The average Bonchev–Trinajstić information content (AvgIpc) is 3.28. The zero-order chi connectivity index (χ0) is 24.3. The van der Waals surface area contributed by atoms with Crippen LogP contribution in [0.3, 0.4) is 0 Å². The standard InChI is InChI=1S/C25H28F4N2O3/c1-17(21-7-2-3-8-22(21)26)30-23(32)24(10-13-33-14-11-24)31-12-9-20(16-31)34-19-6-4-5-18(15-19)25(27,28)29/h2-8,15,17,20H,9-14,16H2,1H3,(H,30,32)/t17-,20+/m0/s1. The second-order valence-corrected chi connectivity index (χ2v) is 8.86. The van der Waals surface area contributed by atoms with Gasteiger partial charge in [0.15, 0.2) is 0 Å². The molecule has 4 rings (SSSR count). The molecule has 0 aromatic heterocycles. The Kier molecular flexibility index (Phi) is 7.14. The summed E-state index contributed by atoms with van der Waals surface area (Å²) in [4.78, 5) is 15.6. The largest absolute Gasteiger partial charge is 0.489 e. The summed E-state index contributed by atoms with van der Waals surface area (Å²) in [6.07, 6.45) is -3.27. The Morgan fingerprint density at radius 1 is 1.18 bits per heavy atom. The number of benzene rings is 2. The van der Waals surface area contributed by atoms with Crippen LogP contribution in [0.1, 0.15) is 43.4 Å². The molecule has 2 heterocycles. The Labute approximate surface area is 196 Å². The van der Waals surface area contributed by atoms with E-state index in [1.807, 2.05) is 4.90 Å². The fourth-order valence-corrected chi connectivity index (χ4v) is 4.78. The van der Waals surface area contributed by atoms with Crippen LogP contribution in [-0.2, 0) is 15.7 Å². The van der Waals surface area contributed by atoms with Crippen LogP contribution in [0.4, 0.5) is 17.6 Å². The molecule has 0 aliphatic carbocycles. The first kappa shape index (κ1) is 24.5. The lowest BCUT2D eigenvalue weighted by Gasteiger charge is -2.43. The Morgan fingerprint density at radius 2 is 1.91 bits per heavy atom. The van der Waals surface area contributed by atoms with Gasteiger partial charge in [-0.2, -0.15) is 13.2 Å². The minimum atomic E-state index is -4.44. The number of ether oxygens (including phenoxy) is 2. The van der Waals surface area contributed by atoms with Crippen LogP contribution in [0.25, 0.3) is 0 Å². The molecular weight excluding hydrogens is 452 g/mol. The van der Waals surface area contributed by atoms with E-state index < -0.39 is 23.3 Å². The number of alkyl halides is 3. The van der Waals surface area contributed by atoms with Gasteiger partial charge < -0.3 is 14.8 Å². The van der Waals surface area contributed by atoms with Crippen molar-refractivity contribution in [3.8, 4) is 5.75 Å². The molecule has 2 aromatic rings. The summed E-state index contributed by atoms with van der Waals surface area (Å²) in [6.45, 7) is 3.53. The Balaban J connectivity index is 1.47. The van der Waals surface area contributed by atoms with Crippen molar-refractivity contribution < 1.29 is 31.8 Å². The third-order valence-corrected chi connectivity index (χ3v) is 6.68. The first-order valence-electron chi connectivity index (χ1n) is 11.4. The lowest BCUT2D eigenvalue weighted by Crippen LogP contribution is -2.61. The monoisotopic (exact) mass is 480 g/mol. The molecule has 0 spiro atoms. The van der Waals surface area contributed by atoms with E-state index in [4.69, 9.17) is 9.47 Å². The van der Waals surface area contributed by atoms with E-state index in [9.17, 15) is 22.4 Å². The van der Waals surface area contributed by atoms with Crippen LogP contribution in [0, 0.1) is 5.82 Å². The van der Waals surface area contributed by atoms with Crippen molar-refractivity contribution in [1.82, 2.24) is 10.2 Å². The van der Waals surface area contributed by atoms with Gasteiger partial charge >= 0.3 is 6.18 Å². The summed E-state index contributed by atoms with van der Waals surface area (Å²) in [7, 11) is 0. The summed E-state index contributed by atoms with van der Waals surface area (Å²) >= 11 is 0. The summed E-state index contributed by atoms with van der Waals surface area (Å²) in [5.74, 6) is -0.432. The molecule has 2 aliphatic heterocycles. The third-order valence-electron chi connectivity index (χ3n) is 6.68. The van der Waals surface area contributed by atoms with Crippen LogP contribution in [0.15, 0.2) is 48.5 Å². The van der Waals surface area contributed by atoms with E-state index in [1.54, 1.807) is 25.1 Å². The van der Waals surface area contributed by atoms with Crippen molar-refractivity contribution in [3.05, 3.63) is 65.5 Å². The Morgan fingerprint density at radius 3 is 2.62 bits per heavy atom. The molecule has 1 N–H and O–H groups in total.